The molecule has 1 unspecified atom stereocenters. The van der Waals surface area contributed by atoms with Crippen molar-refractivity contribution < 1.29 is 4.39 Å². The quantitative estimate of drug-likeness (QED) is 0.603. The van der Waals surface area contributed by atoms with Gasteiger partial charge in [0.05, 0.1) is 5.69 Å². The van der Waals surface area contributed by atoms with Crippen molar-refractivity contribution in [3.63, 3.8) is 0 Å². The van der Waals surface area contributed by atoms with E-state index in [1.165, 1.54) is 6.07 Å². The van der Waals surface area contributed by atoms with E-state index in [1.54, 1.807) is 12.1 Å². The van der Waals surface area contributed by atoms with E-state index in [0.29, 0.717) is 5.92 Å². The molecule has 1 aliphatic rings. The van der Waals surface area contributed by atoms with Crippen LogP contribution in [0.1, 0.15) is 24.8 Å². The molecule has 0 fully saturated rings. The Morgan fingerprint density at radius 1 is 1.50 bits per heavy atom. The minimum Gasteiger partial charge on any atom is -0.260 e. The Hall–Kier alpha value is -1.18. The van der Waals surface area contributed by atoms with Crippen molar-refractivity contribution in [2.45, 2.75) is 19.3 Å². The first-order valence-corrected chi connectivity index (χ1v) is 4.15. The van der Waals surface area contributed by atoms with Crippen LogP contribution in [0.25, 0.3) is 0 Å². The van der Waals surface area contributed by atoms with Crippen molar-refractivity contribution in [3.8, 4) is 0 Å². The van der Waals surface area contributed by atoms with Crippen LogP contribution in [0.15, 0.2) is 23.2 Å². The first-order chi connectivity index (χ1) is 5.81. The summed E-state index contributed by atoms with van der Waals surface area (Å²) in [7, 11) is 0. The Balaban J connectivity index is 2.48. The van der Waals surface area contributed by atoms with Gasteiger partial charge in [-0.15, -0.1) is 0 Å². The van der Waals surface area contributed by atoms with Crippen LogP contribution in [0.4, 0.5) is 10.1 Å². The first-order valence-electron chi connectivity index (χ1n) is 4.15. The molecule has 0 aromatic heterocycles. The molecule has 0 N–H and O–H groups in total. The average molecular weight is 163 g/mol. The zero-order valence-corrected chi connectivity index (χ0v) is 6.92. The second-order valence-corrected chi connectivity index (χ2v) is 3.00. The van der Waals surface area contributed by atoms with Crippen LogP contribution in [0, 0.1) is 5.82 Å². The van der Waals surface area contributed by atoms with Crippen LogP contribution in [0.5, 0.6) is 0 Å². The lowest BCUT2D eigenvalue weighted by molar-refractivity contribution is 0.625. The number of nitrogens with zero attached hydrogens (tertiary/aromatic N) is 1. The molecule has 0 bridgehead atoms. The predicted molar refractivity (Wildman–Crippen MR) is 47.6 cm³/mol. The van der Waals surface area contributed by atoms with E-state index in [-0.39, 0.29) is 5.82 Å². The summed E-state index contributed by atoms with van der Waals surface area (Å²) >= 11 is 0. The van der Waals surface area contributed by atoms with Gasteiger partial charge in [-0.05, 0) is 30.2 Å². The third-order valence-electron chi connectivity index (χ3n) is 2.22. The fraction of sp³-hybridized carbons (Fsp3) is 0.300. The molecule has 1 atom stereocenters. The molecule has 2 rings (SSSR count). The van der Waals surface area contributed by atoms with Gasteiger partial charge in [-0.2, -0.15) is 0 Å². The van der Waals surface area contributed by atoms with E-state index in [1.807, 2.05) is 6.21 Å². The van der Waals surface area contributed by atoms with Gasteiger partial charge in [0, 0.05) is 12.1 Å². The maximum absolute atomic E-state index is 12.8. The molecule has 2 heteroatoms. The van der Waals surface area contributed by atoms with Crippen LogP contribution in [0.3, 0.4) is 0 Å². The molecule has 1 aromatic carbocycles. The van der Waals surface area contributed by atoms with Gasteiger partial charge in [-0.3, -0.25) is 4.99 Å². The Morgan fingerprint density at radius 2 is 2.33 bits per heavy atom. The third-order valence-corrected chi connectivity index (χ3v) is 2.22. The van der Waals surface area contributed by atoms with E-state index < -0.39 is 0 Å². The molecule has 0 radical (unpaired) electrons. The summed E-state index contributed by atoms with van der Waals surface area (Å²) in [5.74, 6) is 0.147. The van der Waals surface area contributed by atoms with Crippen molar-refractivity contribution in [3.05, 3.63) is 29.6 Å². The molecule has 0 spiro atoms. The summed E-state index contributed by atoms with van der Waals surface area (Å²) in [6, 6.07) is 4.77. The van der Waals surface area contributed by atoms with Crippen molar-refractivity contribution in [2.24, 2.45) is 4.99 Å². The molecular weight excluding hydrogens is 153 g/mol. The molecule has 0 aliphatic carbocycles. The smallest absolute Gasteiger partial charge is 0.123 e. The van der Waals surface area contributed by atoms with Gasteiger partial charge in [-0.1, -0.05) is 6.92 Å². The molecule has 1 aromatic rings. The van der Waals surface area contributed by atoms with Crippen molar-refractivity contribution in [2.75, 3.05) is 0 Å². The fourth-order valence-electron chi connectivity index (χ4n) is 1.52. The van der Waals surface area contributed by atoms with Crippen LogP contribution in [-0.2, 0) is 0 Å². The number of hydrogen-bond acceptors (Lipinski definition) is 1. The number of rotatable bonds is 1. The second-order valence-electron chi connectivity index (χ2n) is 3.00. The van der Waals surface area contributed by atoms with Gasteiger partial charge >= 0.3 is 0 Å². The monoisotopic (exact) mass is 163 g/mol. The normalized spacial score (nSPS) is 19.7. The van der Waals surface area contributed by atoms with Crippen LogP contribution in [-0.4, -0.2) is 6.21 Å². The van der Waals surface area contributed by atoms with Crippen LogP contribution >= 0.6 is 0 Å². The van der Waals surface area contributed by atoms with Crippen LogP contribution < -0.4 is 0 Å². The fourth-order valence-corrected chi connectivity index (χ4v) is 1.52. The molecule has 1 heterocycles. The molecular formula is C10H10FN. The third kappa shape index (κ3) is 1.04. The Morgan fingerprint density at radius 3 is 3.08 bits per heavy atom. The number of aliphatic imine (C=N–C) groups is 1. The first kappa shape index (κ1) is 7.47. The largest absolute Gasteiger partial charge is 0.260 e. The topological polar surface area (TPSA) is 12.4 Å². The average Bonchev–Trinajstić information content (AvgIpc) is 2.46. The zero-order chi connectivity index (χ0) is 8.55. The summed E-state index contributed by atoms with van der Waals surface area (Å²) in [6.07, 6.45) is 2.88. The summed E-state index contributed by atoms with van der Waals surface area (Å²) in [5, 5.41) is 0. The van der Waals surface area contributed by atoms with Crippen molar-refractivity contribution >= 4 is 11.9 Å². The lowest BCUT2D eigenvalue weighted by Gasteiger charge is -2.04. The molecule has 1 nitrogen and oxygen atoms in total. The van der Waals surface area contributed by atoms with E-state index in [0.717, 1.165) is 17.7 Å². The highest BCUT2D eigenvalue weighted by Crippen LogP contribution is 2.33. The van der Waals surface area contributed by atoms with Crippen molar-refractivity contribution in [1.29, 1.82) is 0 Å². The number of halogens is 1. The minimum absolute atomic E-state index is 0.169. The highest BCUT2D eigenvalue weighted by molar-refractivity contribution is 5.80. The summed E-state index contributed by atoms with van der Waals surface area (Å²) < 4.78 is 12.8. The Labute approximate surface area is 70.9 Å². The minimum atomic E-state index is -0.169. The summed E-state index contributed by atoms with van der Waals surface area (Å²) in [5.41, 5.74) is 1.95. The van der Waals surface area contributed by atoms with E-state index in [9.17, 15) is 4.39 Å². The molecule has 62 valence electrons. The molecule has 0 saturated carbocycles. The van der Waals surface area contributed by atoms with Gasteiger partial charge in [0.25, 0.3) is 0 Å². The highest BCUT2D eigenvalue weighted by atomic mass is 19.1. The molecule has 0 amide bonds. The lowest BCUT2D eigenvalue weighted by Crippen LogP contribution is -1.93. The predicted octanol–water partition coefficient (Wildman–Crippen LogP) is 3.04. The highest BCUT2D eigenvalue weighted by Gasteiger charge is 2.16. The number of benzene rings is 1. The molecule has 0 saturated heterocycles. The SMILES string of the molecule is CCC1C=Nc2ccc(F)cc21. The molecule has 12 heavy (non-hydrogen) atoms. The standard InChI is InChI=1S/C10H10FN/c1-2-7-6-12-10-4-3-8(11)5-9(7)10/h3-7H,2H2,1H3. The maximum atomic E-state index is 12.8. The van der Waals surface area contributed by atoms with Crippen molar-refractivity contribution in [1.82, 2.24) is 0 Å². The Kier molecular flexibility index (Phi) is 1.68. The lowest BCUT2D eigenvalue weighted by atomic mass is 9.99. The van der Waals surface area contributed by atoms with E-state index in [2.05, 4.69) is 11.9 Å². The summed E-state index contributed by atoms with van der Waals surface area (Å²) in [4.78, 5) is 4.20. The maximum Gasteiger partial charge on any atom is 0.123 e. The van der Waals surface area contributed by atoms with Gasteiger partial charge in [0.2, 0.25) is 0 Å². The molecule has 1 aliphatic heterocycles. The van der Waals surface area contributed by atoms with Gasteiger partial charge < -0.3 is 0 Å². The number of hydrogen-bond donors (Lipinski definition) is 0. The summed E-state index contributed by atoms with van der Waals surface area (Å²) in [6.45, 7) is 2.08. The van der Waals surface area contributed by atoms with E-state index >= 15 is 0 Å². The van der Waals surface area contributed by atoms with Gasteiger partial charge in [-0.25, -0.2) is 4.39 Å². The number of fused-ring (bicyclic) bond motifs is 1. The second kappa shape index (κ2) is 2.70. The Bertz CT molecular complexity index is 331. The van der Waals surface area contributed by atoms with Gasteiger partial charge in [0.1, 0.15) is 5.82 Å². The van der Waals surface area contributed by atoms with Crippen LogP contribution in [0.2, 0.25) is 0 Å². The zero-order valence-electron chi connectivity index (χ0n) is 6.92. The van der Waals surface area contributed by atoms with Gasteiger partial charge in [0.15, 0.2) is 0 Å². The van der Waals surface area contributed by atoms with E-state index in [4.69, 9.17) is 0 Å².